The zero-order chi connectivity index (χ0) is 18.1. The molecule has 0 aromatic heterocycles. The van der Waals surface area contributed by atoms with Crippen molar-refractivity contribution in [2.75, 3.05) is 39.8 Å². The summed E-state index contributed by atoms with van der Waals surface area (Å²) in [7, 11) is 1.69. The van der Waals surface area contributed by atoms with Gasteiger partial charge in [0.1, 0.15) is 5.82 Å². The molecule has 0 radical (unpaired) electrons. The lowest BCUT2D eigenvalue weighted by Gasteiger charge is -2.36. The Morgan fingerprint density at radius 1 is 1.16 bits per heavy atom. The van der Waals surface area contributed by atoms with Gasteiger partial charge in [-0.2, -0.15) is 0 Å². The van der Waals surface area contributed by atoms with Crippen LogP contribution in [0.5, 0.6) is 0 Å². The van der Waals surface area contributed by atoms with E-state index in [1.54, 1.807) is 21.7 Å². The molecule has 134 valence electrons. The van der Waals surface area contributed by atoms with Crippen molar-refractivity contribution < 1.29 is 18.8 Å². The molecular weight excluding hydrogens is 349 g/mol. The lowest BCUT2D eigenvalue weighted by Crippen LogP contribution is -2.52. The Labute approximate surface area is 150 Å². The van der Waals surface area contributed by atoms with Crippen molar-refractivity contribution in [1.29, 1.82) is 0 Å². The van der Waals surface area contributed by atoms with E-state index >= 15 is 0 Å². The summed E-state index contributed by atoms with van der Waals surface area (Å²) >= 11 is 5.95. The van der Waals surface area contributed by atoms with Crippen molar-refractivity contribution in [3.63, 3.8) is 0 Å². The average molecular weight is 368 g/mol. The highest BCUT2D eigenvalue weighted by molar-refractivity contribution is 6.33. The van der Waals surface area contributed by atoms with Crippen LogP contribution in [0.1, 0.15) is 16.8 Å². The van der Waals surface area contributed by atoms with Crippen LogP contribution in [0.25, 0.3) is 0 Å². The van der Waals surface area contributed by atoms with Crippen molar-refractivity contribution in [2.45, 2.75) is 6.42 Å². The van der Waals surface area contributed by atoms with Gasteiger partial charge in [-0.3, -0.25) is 14.4 Å². The number of rotatable bonds is 2. The maximum atomic E-state index is 13.1. The Kier molecular flexibility index (Phi) is 4.94. The summed E-state index contributed by atoms with van der Waals surface area (Å²) in [6.45, 7) is 2.04. The molecule has 6 nitrogen and oxygen atoms in total. The third-order valence-corrected chi connectivity index (χ3v) is 5.04. The quantitative estimate of drug-likeness (QED) is 0.790. The summed E-state index contributed by atoms with van der Waals surface area (Å²) in [5.41, 5.74) is 0.255. The lowest BCUT2D eigenvalue weighted by atomic mass is 10.1. The Bertz CT molecular complexity index is 719. The van der Waals surface area contributed by atoms with Gasteiger partial charge in [0.15, 0.2) is 0 Å². The van der Waals surface area contributed by atoms with Crippen molar-refractivity contribution in [1.82, 2.24) is 14.7 Å². The average Bonchev–Trinajstić information content (AvgIpc) is 2.93. The summed E-state index contributed by atoms with van der Waals surface area (Å²) in [6, 6.07) is 3.69. The van der Waals surface area contributed by atoms with Gasteiger partial charge in [0.2, 0.25) is 11.8 Å². The number of benzene rings is 1. The molecule has 25 heavy (non-hydrogen) atoms. The van der Waals surface area contributed by atoms with Crippen LogP contribution in [0.2, 0.25) is 5.02 Å². The number of halogens is 2. The van der Waals surface area contributed by atoms with Gasteiger partial charge in [-0.25, -0.2) is 4.39 Å². The largest absolute Gasteiger partial charge is 0.345 e. The van der Waals surface area contributed by atoms with Gasteiger partial charge in [0.25, 0.3) is 5.91 Å². The molecule has 0 spiro atoms. The molecule has 3 amide bonds. The van der Waals surface area contributed by atoms with Crippen molar-refractivity contribution >= 4 is 29.3 Å². The normalized spacial score (nSPS) is 21.0. The monoisotopic (exact) mass is 367 g/mol. The van der Waals surface area contributed by atoms with Gasteiger partial charge in [0.05, 0.1) is 16.5 Å². The Hall–Kier alpha value is -2.15. The molecule has 1 unspecified atom stereocenters. The minimum atomic E-state index is -0.493. The number of likely N-dealkylation sites (tertiary alicyclic amines) is 1. The van der Waals surface area contributed by atoms with E-state index in [4.69, 9.17) is 11.6 Å². The first-order valence-electron chi connectivity index (χ1n) is 8.14. The highest BCUT2D eigenvalue weighted by Crippen LogP contribution is 2.22. The summed E-state index contributed by atoms with van der Waals surface area (Å²) in [4.78, 5) is 41.5. The molecule has 0 N–H and O–H groups in total. The minimum absolute atomic E-state index is 0.0156. The zero-order valence-corrected chi connectivity index (χ0v) is 14.6. The second-order valence-corrected chi connectivity index (χ2v) is 6.82. The molecule has 2 fully saturated rings. The first-order valence-corrected chi connectivity index (χ1v) is 8.51. The Morgan fingerprint density at radius 3 is 2.36 bits per heavy atom. The standard InChI is InChI=1S/C17H19ClFN3O3/c1-20-10-11(8-15(20)23)16(24)21-4-6-22(7-5-21)17(25)13-3-2-12(19)9-14(13)18/h2-3,9,11H,4-8,10H2,1H3. The summed E-state index contributed by atoms with van der Waals surface area (Å²) in [5.74, 6) is -1.12. The van der Waals surface area contributed by atoms with E-state index in [9.17, 15) is 18.8 Å². The summed E-state index contributed by atoms with van der Waals surface area (Å²) < 4.78 is 13.1. The first-order chi connectivity index (χ1) is 11.9. The van der Waals surface area contributed by atoms with Gasteiger partial charge in [-0.15, -0.1) is 0 Å². The number of carbonyl (C=O) groups excluding carboxylic acids is 3. The SMILES string of the molecule is CN1CC(C(=O)N2CCN(C(=O)c3ccc(F)cc3Cl)CC2)CC1=O. The molecule has 3 rings (SSSR count). The van der Waals surface area contributed by atoms with E-state index < -0.39 is 5.82 Å². The second-order valence-electron chi connectivity index (χ2n) is 6.42. The van der Waals surface area contributed by atoms with Crippen LogP contribution in [0, 0.1) is 11.7 Å². The third kappa shape index (κ3) is 3.61. The number of carbonyl (C=O) groups is 3. The van der Waals surface area contributed by atoms with Crippen molar-refractivity contribution in [3.8, 4) is 0 Å². The molecule has 1 atom stereocenters. The number of piperazine rings is 1. The van der Waals surface area contributed by atoms with Crippen molar-refractivity contribution in [3.05, 3.63) is 34.6 Å². The third-order valence-electron chi connectivity index (χ3n) is 4.73. The van der Waals surface area contributed by atoms with Crippen LogP contribution < -0.4 is 0 Å². The highest BCUT2D eigenvalue weighted by Gasteiger charge is 2.36. The molecule has 8 heteroatoms. The number of nitrogens with zero attached hydrogens (tertiary/aromatic N) is 3. The van der Waals surface area contributed by atoms with E-state index in [1.807, 2.05) is 0 Å². The van der Waals surface area contributed by atoms with E-state index in [0.717, 1.165) is 6.07 Å². The molecular formula is C17H19ClFN3O3. The Morgan fingerprint density at radius 2 is 1.80 bits per heavy atom. The van der Waals surface area contributed by atoms with E-state index in [2.05, 4.69) is 0 Å². The molecule has 1 aromatic rings. The fourth-order valence-electron chi connectivity index (χ4n) is 3.25. The highest BCUT2D eigenvalue weighted by atomic mass is 35.5. The van der Waals surface area contributed by atoms with Gasteiger partial charge >= 0.3 is 0 Å². The van der Waals surface area contributed by atoms with Crippen LogP contribution in [-0.4, -0.2) is 72.2 Å². The van der Waals surface area contributed by atoms with Crippen LogP contribution in [0.4, 0.5) is 4.39 Å². The number of hydrogen-bond acceptors (Lipinski definition) is 3. The smallest absolute Gasteiger partial charge is 0.255 e. The molecule has 2 heterocycles. The fourth-order valence-corrected chi connectivity index (χ4v) is 3.50. The molecule has 0 bridgehead atoms. The van der Waals surface area contributed by atoms with Crippen LogP contribution in [0.3, 0.4) is 0 Å². The lowest BCUT2D eigenvalue weighted by molar-refractivity contribution is -0.137. The molecule has 1 aromatic carbocycles. The predicted octanol–water partition coefficient (Wildman–Crippen LogP) is 1.24. The maximum Gasteiger partial charge on any atom is 0.255 e. The zero-order valence-electron chi connectivity index (χ0n) is 13.9. The molecule has 0 aliphatic carbocycles. The second kappa shape index (κ2) is 7.00. The van der Waals surface area contributed by atoms with E-state index in [-0.39, 0.29) is 40.6 Å². The van der Waals surface area contributed by atoms with Crippen LogP contribution >= 0.6 is 11.6 Å². The van der Waals surface area contributed by atoms with E-state index in [0.29, 0.717) is 32.7 Å². The van der Waals surface area contributed by atoms with Gasteiger partial charge in [-0.1, -0.05) is 11.6 Å². The molecule has 2 aliphatic heterocycles. The Balaban J connectivity index is 1.59. The molecule has 0 saturated carbocycles. The first kappa shape index (κ1) is 17.7. The molecule has 2 saturated heterocycles. The van der Waals surface area contributed by atoms with Gasteiger partial charge in [-0.05, 0) is 18.2 Å². The van der Waals surface area contributed by atoms with Crippen LogP contribution in [-0.2, 0) is 9.59 Å². The maximum absolute atomic E-state index is 13.1. The predicted molar refractivity (Wildman–Crippen MR) is 89.6 cm³/mol. The van der Waals surface area contributed by atoms with Gasteiger partial charge in [0, 0.05) is 46.2 Å². The topological polar surface area (TPSA) is 60.9 Å². The minimum Gasteiger partial charge on any atom is -0.345 e. The van der Waals surface area contributed by atoms with E-state index in [1.165, 1.54) is 12.1 Å². The van der Waals surface area contributed by atoms with Crippen LogP contribution in [0.15, 0.2) is 18.2 Å². The number of amides is 3. The fraction of sp³-hybridized carbons (Fsp3) is 0.471. The number of hydrogen-bond donors (Lipinski definition) is 0. The molecule has 2 aliphatic rings. The summed E-state index contributed by atoms with van der Waals surface area (Å²) in [6.07, 6.45) is 0.250. The summed E-state index contributed by atoms with van der Waals surface area (Å²) in [5, 5.41) is 0.0796. The van der Waals surface area contributed by atoms with Crippen molar-refractivity contribution in [2.24, 2.45) is 5.92 Å². The van der Waals surface area contributed by atoms with Gasteiger partial charge < -0.3 is 14.7 Å².